The summed E-state index contributed by atoms with van der Waals surface area (Å²) in [7, 11) is 0. The lowest BCUT2D eigenvalue weighted by Gasteiger charge is -2.15. The van der Waals surface area contributed by atoms with Crippen LogP contribution in [0, 0.1) is 11.3 Å². The van der Waals surface area contributed by atoms with Crippen molar-refractivity contribution in [2.45, 2.75) is 19.1 Å². The maximum absolute atomic E-state index is 13.6. The van der Waals surface area contributed by atoms with E-state index < -0.39 is 18.2 Å². The van der Waals surface area contributed by atoms with Crippen LogP contribution in [0.15, 0.2) is 24.3 Å². The third kappa shape index (κ3) is 3.99. The molecule has 0 saturated carbocycles. The third-order valence-corrected chi connectivity index (χ3v) is 2.25. The number of nitriles is 1. The molecular weight excluding hydrogens is 259 g/mol. The number of hydrogen-bond donors (Lipinski definition) is 1. The van der Waals surface area contributed by atoms with Crippen molar-refractivity contribution in [2.24, 2.45) is 5.73 Å². The van der Waals surface area contributed by atoms with Gasteiger partial charge in [0.2, 0.25) is 6.17 Å². The van der Waals surface area contributed by atoms with E-state index in [0.717, 1.165) is 0 Å². The summed E-state index contributed by atoms with van der Waals surface area (Å²) in [5, 5.41) is 8.61. The molecule has 2 N–H and O–H groups in total. The van der Waals surface area contributed by atoms with Gasteiger partial charge in [-0.05, 0) is 24.6 Å². The Labute approximate surface area is 111 Å². The number of rotatable bonds is 4. The molecule has 6 heteroatoms. The molecule has 0 aliphatic heterocycles. The molecule has 0 aromatic heterocycles. The van der Waals surface area contributed by atoms with Crippen LogP contribution in [-0.2, 0) is 9.53 Å². The van der Waals surface area contributed by atoms with E-state index in [0.29, 0.717) is 11.1 Å². The van der Waals surface area contributed by atoms with Gasteiger partial charge in [-0.15, -0.1) is 12.4 Å². The normalized spacial score (nSPS) is 12.8. The quantitative estimate of drug-likeness (QED) is 0.849. The summed E-state index contributed by atoms with van der Waals surface area (Å²) in [4.78, 5) is 11.2. The summed E-state index contributed by atoms with van der Waals surface area (Å²) in [6.07, 6.45) is -1.90. The molecule has 0 aliphatic carbocycles. The monoisotopic (exact) mass is 272 g/mol. The van der Waals surface area contributed by atoms with Gasteiger partial charge in [0.25, 0.3) is 0 Å². The van der Waals surface area contributed by atoms with Crippen molar-refractivity contribution in [3.63, 3.8) is 0 Å². The Kier molecular flexibility index (Phi) is 6.94. The van der Waals surface area contributed by atoms with E-state index in [1.807, 2.05) is 6.07 Å². The average molecular weight is 273 g/mol. The number of hydrogen-bond acceptors (Lipinski definition) is 4. The van der Waals surface area contributed by atoms with Crippen molar-refractivity contribution < 1.29 is 13.9 Å². The summed E-state index contributed by atoms with van der Waals surface area (Å²) in [6, 6.07) is 6.95. The van der Waals surface area contributed by atoms with Crippen LogP contribution in [-0.4, -0.2) is 18.7 Å². The summed E-state index contributed by atoms with van der Waals surface area (Å²) in [5.74, 6) is -0.968. The molecule has 1 rings (SSSR count). The molecular formula is C12H14ClFN2O2. The standard InChI is InChI=1S/C12H13FN2O2.ClH/c1-2-17-12(16)10(13)11(15)9-5-3-8(7-14)4-6-9;/h3-6,10-11H,2,15H2,1H3;1H/t10?,11-;/m0./s1. The number of carbonyl (C=O) groups is 1. The molecule has 0 fully saturated rings. The zero-order valence-corrected chi connectivity index (χ0v) is 10.6. The lowest BCUT2D eigenvalue weighted by Crippen LogP contribution is -2.31. The van der Waals surface area contributed by atoms with Gasteiger partial charge >= 0.3 is 5.97 Å². The van der Waals surface area contributed by atoms with E-state index in [4.69, 9.17) is 11.0 Å². The maximum atomic E-state index is 13.6. The van der Waals surface area contributed by atoms with Crippen molar-refractivity contribution in [3.8, 4) is 6.07 Å². The zero-order valence-electron chi connectivity index (χ0n) is 9.80. The predicted octanol–water partition coefficient (Wildman–Crippen LogP) is 1.88. The molecule has 0 heterocycles. The molecule has 1 aromatic carbocycles. The number of alkyl halides is 1. The molecule has 18 heavy (non-hydrogen) atoms. The Morgan fingerprint density at radius 2 is 2.06 bits per heavy atom. The highest BCUT2D eigenvalue weighted by molar-refractivity contribution is 5.85. The maximum Gasteiger partial charge on any atom is 0.342 e. The van der Waals surface area contributed by atoms with Gasteiger partial charge in [-0.3, -0.25) is 0 Å². The van der Waals surface area contributed by atoms with E-state index in [2.05, 4.69) is 4.74 Å². The first-order valence-electron chi connectivity index (χ1n) is 5.16. The Hall–Kier alpha value is -1.64. The van der Waals surface area contributed by atoms with Crippen LogP contribution in [0.4, 0.5) is 4.39 Å². The van der Waals surface area contributed by atoms with Crippen LogP contribution < -0.4 is 5.73 Å². The van der Waals surface area contributed by atoms with E-state index in [1.165, 1.54) is 24.3 Å². The molecule has 1 aromatic rings. The van der Waals surface area contributed by atoms with Crippen LogP contribution in [0.5, 0.6) is 0 Å². The molecule has 98 valence electrons. The average Bonchev–Trinajstić information content (AvgIpc) is 2.37. The molecule has 0 aliphatic rings. The fraction of sp³-hybridized carbons (Fsp3) is 0.333. The minimum Gasteiger partial charge on any atom is -0.464 e. The highest BCUT2D eigenvalue weighted by atomic mass is 35.5. The molecule has 0 bridgehead atoms. The number of benzene rings is 1. The van der Waals surface area contributed by atoms with Crippen molar-refractivity contribution >= 4 is 18.4 Å². The van der Waals surface area contributed by atoms with Gasteiger partial charge < -0.3 is 10.5 Å². The molecule has 0 saturated heterocycles. The lowest BCUT2D eigenvalue weighted by atomic mass is 10.0. The predicted molar refractivity (Wildman–Crippen MR) is 66.9 cm³/mol. The van der Waals surface area contributed by atoms with E-state index in [9.17, 15) is 9.18 Å². The smallest absolute Gasteiger partial charge is 0.342 e. The topological polar surface area (TPSA) is 76.1 Å². The first kappa shape index (κ1) is 16.4. The van der Waals surface area contributed by atoms with Crippen LogP contribution in [0.25, 0.3) is 0 Å². The first-order chi connectivity index (χ1) is 8.10. The second-order valence-corrected chi connectivity index (χ2v) is 3.41. The highest BCUT2D eigenvalue weighted by Gasteiger charge is 2.27. The molecule has 0 amide bonds. The summed E-state index contributed by atoms with van der Waals surface area (Å²) in [5.41, 5.74) is 6.50. The minimum atomic E-state index is -1.90. The van der Waals surface area contributed by atoms with Crippen LogP contribution in [0.3, 0.4) is 0 Å². The number of esters is 1. The van der Waals surface area contributed by atoms with Crippen LogP contribution in [0.2, 0.25) is 0 Å². The summed E-state index contributed by atoms with van der Waals surface area (Å²) >= 11 is 0. The van der Waals surface area contributed by atoms with Crippen LogP contribution >= 0.6 is 12.4 Å². The van der Waals surface area contributed by atoms with Gasteiger partial charge in [-0.1, -0.05) is 12.1 Å². The minimum absolute atomic E-state index is 0. The second kappa shape index (κ2) is 7.64. The summed E-state index contributed by atoms with van der Waals surface area (Å²) in [6.45, 7) is 1.71. The van der Waals surface area contributed by atoms with Gasteiger partial charge in [0.15, 0.2) is 0 Å². The molecule has 2 atom stereocenters. The Morgan fingerprint density at radius 3 is 2.50 bits per heavy atom. The van der Waals surface area contributed by atoms with Crippen molar-refractivity contribution in [3.05, 3.63) is 35.4 Å². The molecule has 0 radical (unpaired) electrons. The molecule has 1 unspecified atom stereocenters. The van der Waals surface area contributed by atoms with E-state index in [-0.39, 0.29) is 19.0 Å². The Balaban J connectivity index is 0.00000289. The van der Waals surface area contributed by atoms with Gasteiger partial charge in [0.1, 0.15) is 0 Å². The number of halogens is 2. The van der Waals surface area contributed by atoms with E-state index in [1.54, 1.807) is 6.92 Å². The Morgan fingerprint density at radius 1 is 1.50 bits per heavy atom. The Bertz CT molecular complexity index is 431. The number of ether oxygens (including phenoxy) is 1. The fourth-order valence-electron chi connectivity index (χ4n) is 1.32. The zero-order chi connectivity index (χ0) is 12.8. The van der Waals surface area contributed by atoms with Gasteiger partial charge in [0.05, 0.1) is 24.3 Å². The molecule has 4 nitrogen and oxygen atoms in total. The van der Waals surface area contributed by atoms with Gasteiger partial charge in [-0.2, -0.15) is 5.26 Å². The number of carbonyl (C=O) groups excluding carboxylic acids is 1. The molecule has 0 spiro atoms. The van der Waals surface area contributed by atoms with Gasteiger partial charge in [0, 0.05) is 0 Å². The largest absolute Gasteiger partial charge is 0.464 e. The second-order valence-electron chi connectivity index (χ2n) is 3.41. The van der Waals surface area contributed by atoms with Crippen molar-refractivity contribution in [1.82, 2.24) is 0 Å². The van der Waals surface area contributed by atoms with Crippen molar-refractivity contribution in [2.75, 3.05) is 6.61 Å². The summed E-state index contributed by atoms with van der Waals surface area (Å²) < 4.78 is 18.1. The fourth-order valence-corrected chi connectivity index (χ4v) is 1.32. The first-order valence-corrected chi connectivity index (χ1v) is 5.16. The highest BCUT2D eigenvalue weighted by Crippen LogP contribution is 2.18. The van der Waals surface area contributed by atoms with Gasteiger partial charge in [-0.25, -0.2) is 9.18 Å². The lowest BCUT2D eigenvalue weighted by molar-refractivity contribution is -0.149. The number of nitrogens with two attached hydrogens (primary N) is 1. The van der Waals surface area contributed by atoms with E-state index >= 15 is 0 Å². The van der Waals surface area contributed by atoms with Crippen molar-refractivity contribution in [1.29, 1.82) is 5.26 Å². The van der Waals surface area contributed by atoms with Crippen LogP contribution in [0.1, 0.15) is 24.1 Å². The SMILES string of the molecule is CCOC(=O)C(F)[C@@H](N)c1ccc(C#N)cc1.Cl. The number of nitrogens with zero attached hydrogens (tertiary/aromatic N) is 1. The third-order valence-electron chi connectivity index (χ3n) is 2.25.